The van der Waals surface area contributed by atoms with E-state index in [1.165, 1.54) is 5.56 Å². The minimum Gasteiger partial charge on any atom is -0.497 e. The van der Waals surface area contributed by atoms with Crippen molar-refractivity contribution in [3.8, 4) is 95.3 Å². The molecule has 0 bridgehead atoms. The molecule has 4 aromatic heterocycles. The summed E-state index contributed by atoms with van der Waals surface area (Å²) in [5.41, 5.74) is 15.1. The highest BCUT2D eigenvalue weighted by Gasteiger charge is 2.10. The van der Waals surface area contributed by atoms with Crippen LogP contribution < -0.4 is 27.0 Å². The molecule has 9 nitrogen and oxygen atoms in total. The highest BCUT2D eigenvalue weighted by Crippen LogP contribution is 2.31. The molecule has 0 amide bonds. The molecule has 8 aromatic carbocycles. The number of aromatic amines is 4. The summed E-state index contributed by atoms with van der Waals surface area (Å²) in [7, 11) is 1.63. The number of methoxy groups -OCH3 is 1. The van der Waals surface area contributed by atoms with E-state index in [0.717, 1.165) is 95.3 Å². The zero-order valence-electron chi connectivity index (χ0n) is 44.5. The fourth-order valence-electron chi connectivity index (χ4n) is 8.83. The normalized spacial score (nSPS) is 10.5. The number of ether oxygens (including phenoxy) is 1. The molecule has 0 aliphatic carbocycles. The lowest BCUT2D eigenvalue weighted by Crippen LogP contribution is -2.05. The van der Waals surface area contributed by atoms with Gasteiger partial charge in [0.1, 0.15) is 5.75 Å². The number of hydrogen-bond acceptors (Lipinski definition) is 5. The zero-order chi connectivity index (χ0) is 57.4. The van der Waals surface area contributed by atoms with Gasteiger partial charge in [0.05, 0.1) is 17.2 Å². The first-order valence-corrected chi connectivity index (χ1v) is 27.1. The van der Waals surface area contributed by atoms with Crippen LogP contribution in [0.1, 0.15) is 5.56 Å². The average molecular weight is 1140 g/mol. The molecule has 0 aliphatic heterocycles. The van der Waals surface area contributed by atoms with Crippen molar-refractivity contribution < 1.29 is 4.74 Å². The molecular weight excluding hydrogens is 1080 g/mol. The molecule has 12 rings (SSSR count). The van der Waals surface area contributed by atoms with Gasteiger partial charge < -0.3 is 24.7 Å². The van der Waals surface area contributed by atoms with Crippen molar-refractivity contribution in [3.63, 3.8) is 0 Å². The van der Waals surface area contributed by atoms with E-state index in [1.54, 1.807) is 43.5 Å². The van der Waals surface area contributed by atoms with Gasteiger partial charge >= 0.3 is 0 Å². The molecule has 404 valence electrons. The standard InChI is InChI=1S/C18H15NO2.C18H15NO.C17H11Cl2NO.C17H12ClNO/c1-21-16-9-5-8-14(10-16)17-11-15(12-18(20)19-17)13-6-3-2-4-7-13;1-13-7-9-14(10-8-13)16-11-17(19-18(20)12-16)15-5-3-2-4-6-15;18-14-7-6-12(8-15(14)19)13-9-16(20-17(21)10-13)11-4-2-1-3-5-11;18-15-8-4-7-13(9-15)14-10-16(19-17(20)11-14)12-5-2-1-3-6-12/h2-12H,1H3,(H,19,20);2-12H,1H3,(H,19,20);1-10H,(H,20,21);1-11H,(H,19,20). The molecule has 82 heavy (non-hydrogen) atoms. The number of hydrogen-bond donors (Lipinski definition) is 4. The number of nitrogens with one attached hydrogen (secondary N) is 4. The van der Waals surface area contributed by atoms with Crippen molar-refractivity contribution in [2.45, 2.75) is 6.92 Å². The van der Waals surface area contributed by atoms with Gasteiger partial charge in [-0.05, 0) is 129 Å². The fraction of sp³-hybridized carbons (Fsp3) is 0.0286. The topological polar surface area (TPSA) is 141 Å². The summed E-state index contributed by atoms with van der Waals surface area (Å²) in [5.74, 6) is 0.762. The summed E-state index contributed by atoms with van der Waals surface area (Å²) in [6, 6.07) is 82.1. The predicted octanol–water partition coefficient (Wildman–Crippen LogP) is 17.1. The fourth-order valence-corrected chi connectivity index (χ4v) is 9.31. The van der Waals surface area contributed by atoms with Crippen LogP contribution in [-0.4, -0.2) is 27.0 Å². The minimum atomic E-state index is -0.155. The third kappa shape index (κ3) is 15.5. The molecule has 0 saturated carbocycles. The van der Waals surface area contributed by atoms with E-state index in [4.69, 9.17) is 39.5 Å². The maximum atomic E-state index is 11.9. The Morgan fingerprint density at radius 3 is 1.04 bits per heavy atom. The average Bonchev–Trinajstić information content (AvgIpc) is 3.62. The summed E-state index contributed by atoms with van der Waals surface area (Å²) in [5, 5.41) is 1.62. The van der Waals surface area contributed by atoms with Gasteiger partial charge in [-0.15, -0.1) is 0 Å². The summed E-state index contributed by atoms with van der Waals surface area (Å²) < 4.78 is 5.23. The highest BCUT2D eigenvalue weighted by atomic mass is 35.5. The number of rotatable bonds is 9. The molecule has 0 fully saturated rings. The summed E-state index contributed by atoms with van der Waals surface area (Å²) in [4.78, 5) is 59.0. The van der Waals surface area contributed by atoms with Crippen LogP contribution in [0.4, 0.5) is 0 Å². The second-order valence-electron chi connectivity index (χ2n) is 18.8. The first-order chi connectivity index (χ1) is 39.8. The van der Waals surface area contributed by atoms with E-state index >= 15 is 0 Å². The molecule has 0 aliphatic rings. The van der Waals surface area contributed by atoms with Gasteiger partial charge in [-0.2, -0.15) is 0 Å². The zero-order valence-corrected chi connectivity index (χ0v) is 46.8. The largest absolute Gasteiger partial charge is 0.497 e. The van der Waals surface area contributed by atoms with Crippen LogP contribution in [0.3, 0.4) is 0 Å². The van der Waals surface area contributed by atoms with Crippen LogP contribution in [0.25, 0.3) is 89.5 Å². The quantitative estimate of drug-likeness (QED) is 0.114. The summed E-state index contributed by atoms with van der Waals surface area (Å²) >= 11 is 18.0. The third-order valence-electron chi connectivity index (χ3n) is 12.9. The van der Waals surface area contributed by atoms with Crippen LogP contribution in [0.2, 0.25) is 15.1 Å². The van der Waals surface area contributed by atoms with Gasteiger partial charge in [0.2, 0.25) is 22.2 Å². The van der Waals surface area contributed by atoms with Crippen molar-refractivity contribution in [2.24, 2.45) is 0 Å². The maximum Gasteiger partial charge on any atom is 0.249 e. The molecule has 0 atom stereocenters. The smallest absolute Gasteiger partial charge is 0.249 e. The van der Waals surface area contributed by atoms with E-state index < -0.39 is 0 Å². The van der Waals surface area contributed by atoms with Crippen LogP contribution >= 0.6 is 34.8 Å². The van der Waals surface area contributed by atoms with Crippen LogP contribution in [0, 0.1) is 6.92 Å². The minimum absolute atomic E-state index is 0.0815. The molecule has 0 saturated heterocycles. The van der Waals surface area contributed by atoms with E-state index in [9.17, 15) is 19.2 Å². The lowest BCUT2D eigenvalue weighted by Gasteiger charge is -2.07. The van der Waals surface area contributed by atoms with Gasteiger partial charge in [0.15, 0.2) is 0 Å². The number of halogens is 3. The molecule has 4 N–H and O–H groups in total. The molecule has 0 spiro atoms. The van der Waals surface area contributed by atoms with E-state index in [0.29, 0.717) is 15.1 Å². The van der Waals surface area contributed by atoms with Gasteiger partial charge in [0.25, 0.3) is 0 Å². The monoisotopic (exact) mass is 1130 g/mol. The van der Waals surface area contributed by atoms with Gasteiger partial charge in [-0.3, -0.25) is 19.2 Å². The second kappa shape index (κ2) is 27.4. The molecule has 0 radical (unpaired) electrons. The van der Waals surface area contributed by atoms with Crippen molar-refractivity contribution in [1.82, 2.24) is 19.9 Å². The summed E-state index contributed by atoms with van der Waals surface area (Å²) in [6.45, 7) is 2.05. The lowest BCUT2D eigenvalue weighted by atomic mass is 10.0. The number of benzene rings is 8. The first-order valence-electron chi connectivity index (χ1n) is 26.0. The Labute approximate surface area is 488 Å². The van der Waals surface area contributed by atoms with Crippen LogP contribution in [0.5, 0.6) is 5.75 Å². The number of H-pyrrole nitrogens is 4. The second-order valence-corrected chi connectivity index (χ2v) is 20.0. The number of aromatic nitrogens is 4. The van der Waals surface area contributed by atoms with Gasteiger partial charge in [-0.25, -0.2) is 0 Å². The highest BCUT2D eigenvalue weighted by molar-refractivity contribution is 6.42. The lowest BCUT2D eigenvalue weighted by molar-refractivity contribution is 0.415. The SMILES string of the molecule is COc1cccc(-c2cc(-c3ccccc3)cc(=O)[nH]2)c1.Cc1ccc(-c2cc(-c3ccccc3)[nH]c(=O)c2)cc1.O=c1cc(-c2ccc(Cl)c(Cl)c2)cc(-c2ccccc2)[nH]1.O=c1cc(-c2cccc(Cl)c2)cc(-c2ccccc2)[nH]1. The Morgan fingerprint density at radius 1 is 0.280 bits per heavy atom. The first kappa shape index (κ1) is 56.9. The van der Waals surface area contributed by atoms with Gasteiger partial charge in [-0.1, -0.05) is 216 Å². The van der Waals surface area contributed by atoms with Crippen molar-refractivity contribution in [3.05, 3.63) is 323 Å². The van der Waals surface area contributed by atoms with Crippen molar-refractivity contribution in [2.75, 3.05) is 7.11 Å². The molecule has 12 aromatic rings. The Balaban J connectivity index is 0.000000132. The maximum absolute atomic E-state index is 11.9. The Bertz CT molecular complexity index is 4340. The summed E-state index contributed by atoms with van der Waals surface area (Å²) in [6.07, 6.45) is 0. The van der Waals surface area contributed by atoms with Crippen LogP contribution in [-0.2, 0) is 0 Å². The number of pyridine rings is 4. The van der Waals surface area contributed by atoms with E-state index in [-0.39, 0.29) is 22.2 Å². The molecule has 0 unspecified atom stereocenters. The Morgan fingerprint density at radius 2 is 0.622 bits per heavy atom. The molecule has 4 heterocycles. The molecular formula is C70H53Cl3N4O5. The number of aryl methyl sites for hydroxylation is 1. The molecule has 12 heteroatoms. The van der Waals surface area contributed by atoms with Crippen molar-refractivity contribution >= 4 is 34.8 Å². The van der Waals surface area contributed by atoms with Crippen LogP contribution in [0.15, 0.2) is 280 Å². The predicted molar refractivity (Wildman–Crippen MR) is 338 cm³/mol. The Hall–Kier alpha value is -9.77. The van der Waals surface area contributed by atoms with E-state index in [1.807, 2.05) is 212 Å². The van der Waals surface area contributed by atoms with E-state index in [2.05, 4.69) is 39.0 Å². The van der Waals surface area contributed by atoms with Gasteiger partial charge in [0, 0.05) is 57.6 Å². The third-order valence-corrected chi connectivity index (χ3v) is 13.9. The Kier molecular flexibility index (Phi) is 19.0. The van der Waals surface area contributed by atoms with Crippen molar-refractivity contribution in [1.29, 1.82) is 0 Å².